The minimum absolute atomic E-state index is 0.0808. The first-order valence-electron chi connectivity index (χ1n) is 6.02. The SMILES string of the molecule is O=C(/C=C/c1ccc(C(=O)NO)cc1)c1ccccc1. The Balaban J connectivity index is 2.08. The number of hydrogen-bond acceptors (Lipinski definition) is 3. The lowest BCUT2D eigenvalue weighted by Gasteiger charge is -1.99. The van der Waals surface area contributed by atoms with Gasteiger partial charge in [-0.15, -0.1) is 0 Å². The van der Waals surface area contributed by atoms with E-state index >= 15 is 0 Å². The molecule has 0 aliphatic heterocycles. The highest BCUT2D eigenvalue weighted by Gasteiger charge is 2.03. The van der Waals surface area contributed by atoms with E-state index < -0.39 is 5.91 Å². The summed E-state index contributed by atoms with van der Waals surface area (Å²) in [6.07, 6.45) is 3.16. The van der Waals surface area contributed by atoms with Crippen LogP contribution >= 0.6 is 0 Å². The van der Waals surface area contributed by atoms with Crippen molar-refractivity contribution in [3.63, 3.8) is 0 Å². The number of hydrogen-bond donors (Lipinski definition) is 2. The third-order valence-corrected chi connectivity index (χ3v) is 2.76. The minimum Gasteiger partial charge on any atom is -0.289 e. The van der Waals surface area contributed by atoms with Crippen molar-refractivity contribution in [2.45, 2.75) is 0 Å². The highest BCUT2D eigenvalue weighted by Crippen LogP contribution is 2.08. The highest BCUT2D eigenvalue weighted by molar-refractivity contribution is 6.06. The standard InChI is InChI=1S/C16H13NO3/c18-15(13-4-2-1-3-5-13)11-8-12-6-9-14(10-7-12)16(19)17-20/h1-11,20H,(H,17,19)/b11-8+. The number of allylic oxidation sites excluding steroid dienone is 1. The van der Waals surface area contributed by atoms with E-state index in [0.717, 1.165) is 5.56 Å². The zero-order valence-electron chi connectivity index (χ0n) is 10.6. The second-order valence-corrected chi connectivity index (χ2v) is 4.13. The van der Waals surface area contributed by atoms with Crippen LogP contribution in [0.5, 0.6) is 0 Å². The van der Waals surface area contributed by atoms with Crippen molar-refractivity contribution in [3.8, 4) is 0 Å². The van der Waals surface area contributed by atoms with E-state index in [1.165, 1.54) is 6.08 Å². The van der Waals surface area contributed by atoms with Crippen molar-refractivity contribution >= 4 is 17.8 Å². The largest absolute Gasteiger partial charge is 0.289 e. The average Bonchev–Trinajstić information content (AvgIpc) is 2.53. The quantitative estimate of drug-likeness (QED) is 0.387. The third-order valence-electron chi connectivity index (χ3n) is 2.76. The molecule has 0 saturated heterocycles. The van der Waals surface area contributed by atoms with Gasteiger partial charge in [-0.1, -0.05) is 48.5 Å². The molecule has 0 radical (unpaired) electrons. The third kappa shape index (κ3) is 3.40. The summed E-state index contributed by atoms with van der Waals surface area (Å²) in [4.78, 5) is 23.0. The Hall–Kier alpha value is -2.72. The van der Waals surface area contributed by atoms with E-state index in [2.05, 4.69) is 0 Å². The topological polar surface area (TPSA) is 66.4 Å². The molecule has 2 aromatic rings. The molecule has 0 atom stereocenters. The molecule has 2 rings (SSSR count). The molecule has 0 bridgehead atoms. The van der Waals surface area contributed by atoms with Crippen molar-refractivity contribution < 1.29 is 14.8 Å². The van der Waals surface area contributed by atoms with Crippen molar-refractivity contribution in [1.82, 2.24) is 5.48 Å². The monoisotopic (exact) mass is 267 g/mol. The molecule has 1 amide bonds. The summed E-state index contributed by atoms with van der Waals surface area (Å²) >= 11 is 0. The van der Waals surface area contributed by atoms with Crippen LogP contribution in [0, 0.1) is 0 Å². The molecule has 0 saturated carbocycles. The average molecular weight is 267 g/mol. The van der Waals surface area contributed by atoms with E-state index in [4.69, 9.17) is 5.21 Å². The maximum Gasteiger partial charge on any atom is 0.274 e. The Labute approximate surface area is 116 Å². The first kappa shape index (κ1) is 13.7. The normalized spacial score (nSPS) is 10.4. The first-order valence-corrected chi connectivity index (χ1v) is 6.02. The van der Waals surface area contributed by atoms with Crippen molar-refractivity contribution in [2.24, 2.45) is 0 Å². The number of amides is 1. The number of ketones is 1. The number of rotatable bonds is 4. The Bertz CT molecular complexity index is 631. The lowest BCUT2D eigenvalue weighted by molar-refractivity contribution is 0.0706. The van der Waals surface area contributed by atoms with Crippen molar-refractivity contribution in [1.29, 1.82) is 0 Å². The second kappa shape index (κ2) is 6.45. The predicted octanol–water partition coefficient (Wildman–Crippen LogP) is 2.70. The van der Waals surface area contributed by atoms with Crippen LogP contribution in [0.1, 0.15) is 26.3 Å². The van der Waals surface area contributed by atoms with Crippen LogP contribution in [-0.4, -0.2) is 16.9 Å². The fourth-order valence-corrected chi connectivity index (χ4v) is 1.68. The van der Waals surface area contributed by atoms with E-state index in [9.17, 15) is 9.59 Å². The van der Waals surface area contributed by atoms with Gasteiger partial charge < -0.3 is 0 Å². The lowest BCUT2D eigenvalue weighted by Crippen LogP contribution is -2.18. The van der Waals surface area contributed by atoms with Gasteiger partial charge in [0.05, 0.1) is 0 Å². The number of carbonyl (C=O) groups excluding carboxylic acids is 2. The van der Waals surface area contributed by atoms with Crippen molar-refractivity contribution in [3.05, 3.63) is 77.4 Å². The van der Waals surface area contributed by atoms with Gasteiger partial charge in [0.25, 0.3) is 5.91 Å². The van der Waals surface area contributed by atoms with E-state index in [1.807, 2.05) is 18.2 Å². The summed E-state index contributed by atoms with van der Waals surface area (Å²) in [5.74, 6) is -0.649. The maximum atomic E-state index is 11.9. The smallest absolute Gasteiger partial charge is 0.274 e. The molecular weight excluding hydrogens is 254 g/mol. The number of benzene rings is 2. The van der Waals surface area contributed by atoms with E-state index in [0.29, 0.717) is 11.1 Å². The zero-order chi connectivity index (χ0) is 14.4. The van der Waals surface area contributed by atoms with Crippen LogP contribution in [0.25, 0.3) is 6.08 Å². The van der Waals surface area contributed by atoms with E-state index in [1.54, 1.807) is 48.0 Å². The fraction of sp³-hybridized carbons (Fsp3) is 0. The molecule has 20 heavy (non-hydrogen) atoms. The summed E-state index contributed by atoms with van der Waals surface area (Å²) in [5, 5.41) is 8.50. The molecule has 2 aromatic carbocycles. The van der Waals surface area contributed by atoms with E-state index in [-0.39, 0.29) is 5.78 Å². The van der Waals surface area contributed by atoms with Crippen LogP contribution in [0.2, 0.25) is 0 Å². The number of hydroxylamine groups is 1. The Morgan fingerprint density at radius 3 is 2.15 bits per heavy atom. The Morgan fingerprint density at radius 2 is 1.55 bits per heavy atom. The summed E-state index contributed by atoms with van der Waals surface area (Å²) < 4.78 is 0. The van der Waals surface area contributed by atoms with Gasteiger partial charge in [0.2, 0.25) is 0 Å². The van der Waals surface area contributed by atoms with Crippen LogP contribution < -0.4 is 5.48 Å². The van der Waals surface area contributed by atoms with Gasteiger partial charge in [-0.2, -0.15) is 0 Å². The summed E-state index contributed by atoms with van der Waals surface area (Å²) in [5.41, 5.74) is 3.33. The summed E-state index contributed by atoms with van der Waals surface area (Å²) in [6.45, 7) is 0. The van der Waals surface area contributed by atoms with Crippen LogP contribution in [-0.2, 0) is 0 Å². The lowest BCUT2D eigenvalue weighted by atomic mass is 10.1. The molecule has 0 spiro atoms. The van der Waals surface area contributed by atoms with Gasteiger partial charge in [-0.25, -0.2) is 5.48 Å². The molecule has 0 aromatic heterocycles. The van der Waals surface area contributed by atoms with Gasteiger partial charge in [0, 0.05) is 11.1 Å². The number of nitrogens with one attached hydrogen (secondary N) is 1. The number of carbonyl (C=O) groups is 2. The summed E-state index contributed by atoms with van der Waals surface area (Å²) in [7, 11) is 0. The van der Waals surface area contributed by atoms with Crippen LogP contribution in [0.4, 0.5) is 0 Å². The molecule has 4 nitrogen and oxygen atoms in total. The van der Waals surface area contributed by atoms with Gasteiger partial charge in [-0.3, -0.25) is 14.8 Å². The van der Waals surface area contributed by atoms with Gasteiger partial charge >= 0.3 is 0 Å². The van der Waals surface area contributed by atoms with Gasteiger partial charge in [-0.05, 0) is 23.8 Å². The van der Waals surface area contributed by atoms with Gasteiger partial charge in [0.15, 0.2) is 5.78 Å². The zero-order valence-corrected chi connectivity index (χ0v) is 10.6. The Kier molecular flexibility index (Phi) is 4.42. The molecule has 2 N–H and O–H groups in total. The molecule has 0 aliphatic carbocycles. The van der Waals surface area contributed by atoms with Crippen LogP contribution in [0.15, 0.2) is 60.7 Å². The molecule has 0 heterocycles. The molecule has 0 unspecified atom stereocenters. The molecule has 4 heteroatoms. The van der Waals surface area contributed by atoms with Gasteiger partial charge in [0.1, 0.15) is 0 Å². The predicted molar refractivity (Wildman–Crippen MR) is 75.5 cm³/mol. The van der Waals surface area contributed by atoms with Crippen LogP contribution in [0.3, 0.4) is 0 Å². The highest BCUT2D eigenvalue weighted by atomic mass is 16.5. The second-order valence-electron chi connectivity index (χ2n) is 4.13. The molecule has 100 valence electrons. The first-order chi connectivity index (χ1) is 9.70. The minimum atomic E-state index is -0.569. The van der Waals surface area contributed by atoms with Crippen molar-refractivity contribution in [2.75, 3.05) is 0 Å². The molecule has 0 aliphatic rings. The summed E-state index contributed by atoms with van der Waals surface area (Å²) in [6, 6.07) is 15.5. The fourth-order valence-electron chi connectivity index (χ4n) is 1.68. The molecule has 0 fully saturated rings. The maximum absolute atomic E-state index is 11.9. The Morgan fingerprint density at radius 1 is 0.900 bits per heavy atom. The molecular formula is C16H13NO3.